The molecular weight excluding hydrogens is 367 g/mol. The third-order valence-electron chi connectivity index (χ3n) is 4.03. The van der Waals surface area contributed by atoms with Gasteiger partial charge in [0.1, 0.15) is 0 Å². The summed E-state index contributed by atoms with van der Waals surface area (Å²) in [6, 6.07) is 17.1. The number of halogens is 3. The summed E-state index contributed by atoms with van der Waals surface area (Å²) >= 11 is 0. The predicted molar refractivity (Wildman–Crippen MR) is 101 cm³/mol. The van der Waals surface area contributed by atoms with Crippen molar-refractivity contribution in [1.29, 1.82) is 0 Å². The predicted octanol–water partition coefficient (Wildman–Crippen LogP) is 4.82. The molecular formula is C21H18F3N3O. The first kappa shape index (κ1) is 19.4. The Balaban J connectivity index is 1.70. The Bertz CT molecular complexity index is 943. The van der Waals surface area contributed by atoms with E-state index in [0.29, 0.717) is 24.2 Å². The van der Waals surface area contributed by atoms with Gasteiger partial charge in [0, 0.05) is 30.5 Å². The number of hydrogen-bond acceptors (Lipinski definition) is 3. The van der Waals surface area contributed by atoms with E-state index in [-0.39, 0.29) is 11.6 Å². The third-order valence-corrected chi connectivity index (χ3v) is 4.03. The van der Waals surface area contributed by atoms with Crippen molar-refractivity contribution in [2.75, 3.05) is 11.9 Å². The van der Waals surface area contributed by atoms with Gasteiger partial charge in [-0.2, -0.15) is 13.2 Å². The van der Waals surface area contributed by atoms with Crippen LogP contribution in [0.4, 0.5) is 24.5 Å². The Morgan fingerprint density at radius 1 is 0.964 bits per heavy atom. The molecule has 28 heavy (non-hydrogen) atoms. The maximum absolute atomic E-state index is 12.9. The molecule has 0 aliphatic rings. The van der Waals surface area contributed by atoms with Crippen molar-refractivity contribution in [3.63, 3.8) is 0 Å². The number of benzene rings is 2. The Hall–Kier alpha value is -3.35. The van der Waals surface area contributed by atoms with Crippen LogP contribution in [-0.4, -0.2) is 17.4 Å². The van der Waals surface area contributed by atoms with Gasteiger partial charge in [0.15, 0.2) is 0 Å². The number of aromatic nitrogens is 1. The van der Waals surface area contributed by atoms with Gasteiger partial charge >= 0.3 is 6.18 Å². The van der Waals surface area contributed by atoms with Crippen molar-refractivity contribution in [2.24, 2.45) is 0 Å². The second-order valence-electron chi connectivity index (χ2n) is 6.08. The highest BCUT2D eigenvalue weighted by Gasteiger charge is 2.30. The molecule has 0 aliphatic heterocycles. The molecule has 4 nitrogen and oxygen atoms in total. The SMILES string of the molecule is O=C(NCCc1ccccn1)c1ccccc1Nc1cccc(C(F)(F)F)c1. The van der Waals surface area contributed by atoms with Gasteiger partial charge in [-0.1, -0.05) is 24.3 Å². The first-order chi connectivity index (χ1) is 13.4. The summed E-state index contributed by atoms with van der Waals surface area (Å²) in [6.07, 6.45) is -2.17. The van der Waals surface area contributed by atoms with Crippen molar-refractivity contribution in [2.45, 2.75) is 12.6 Å². The van der Waals surface area contributed by atoms with E-state index < -0.39 is 11.7 Å². The maximum Gasteiger partial charge on any atom is 0.416 e. The van der Waals surface area contributed by atoms with E-state index in [4.69, 9.17) is 0 Å². The normalized spacial score (nSPS) is 11.1. The van der Waals surface area contributed by atoms with Crippen LogP contribution in [0.2, 0.25) is 0 Å². The Kier molecular flexibility index (Phi) is 5.93. The van der Waals surface area contributed by atoms with Crippen molar-refractivity contribution in [3.05, 3.63) is 89.7 Å². The standard InChI is InChI=1S/C21H18F3N3O/c22-21(23,24)15-6-5-8-17(14-15)27-19-10-2-1-9-18(19)20(28)26-13-11-16-7-3-4-12-25-16/h1-10,12,14,27H,11,13H2,(H,26,28). The fourth-order valence-corrected chi connectivity index (χ4v) is 2.66. The van der Waals surface area contributed by atoms with Crippen LogP contribution in [-0.2, 0) is 12.6 Å². The van der Waals surface area contributed by atoms with Crippen LogP contribution < -0.4 is 10.6 Å². The van der Waals surface area contributed by atoms with Crippen LogP contribution in [0.15, 0.2) is 72.9 Å². The largest absolute Gasteiger partial charge is 0.416 e. The van der Waals surface area contributed by atoms with Gasteiger partial charge in [-0.25, -0.2) is 0 Å². The molecule has 0 spiro atoms. The van der Waals surface area contributed by atoms with Gasteiger partial charge in [-0.15, -0.1) is 0 Å². The van der Waals surface area contributed by atoms with E-state index in [2.05, 4.69) is 15.6 Å². The molecule has 1 heterocycles. The summed E-state index contributed by atoms with van der Waals surface area (Å²) in [5.74, 6) is -0.314. The summed E-state index contributed by atoms with van der Waals surface area (Å²) in [5, 5.41) is 5.71. The number of para-hydroxylation sites is 1. The Labute approximate surface area is 160 Å². The lowest BCUT2D eigenvalue weighted by atomic mass is 10.1. The molecule has 0 saturated heterocycles. The highest BCUT2D eigenvalue weighted by Crippen LogP contribution is 2.31. The van der Waals surface area contributed by atoms with Crippen molar-refractivity contribution < 1.29 is 18.0 Å². The van der Waals surface area contributed by atoms with Crippen LogP contribution >= 0.6 is 0 Å². The van der Waals surface area contributed by atoms with Gasteiger partial charge in [0.2, 0.25) is 0 Å². The summed E-state index contributed by atoms with van der Waals surface area (Å²) in [6.45, 7) is 0.397. The number of carbonyl (C=O) groups is 1. The fraction of sp³-hybridized carbons (Fsp3) is 0.143. The second kappa shape index (κ2) is 8.56. The van der Waals surface area contributed by atoms with Crippen LogP contribution in [0.5, 0.6) is 0 Å². The molecule has 0 fully saturated rings. The van der Waals surface area contributed by atoms with Crippen LogP contribution in [0.25, 0.3) is 0 Å². The first-order valence-electron chi connectivity index (χ1n) is 8.65. The topological polar surface area (TPSA) is 54.0 Å². The number of alkyl halides is 3. The molecule has 7 heteroatoms. The zero-order valence-electron chi connectivity index (χ0n) is 14.8. The van der Waals surface area contributed by atoms with Gasteiger partial charge < -0.3 is 10.6 Å². The minimum absolute atomic E-state index is 0.253. The average molecular weight is 385 g/mol. The lowest BCUT2D eigenvalue weighted by molar-refractivity contribution is -0.137. The molecule has 144 valence electrons. The quantitative estimate of drug-likeness (QED) is 0.640. The zero-order chi connectivity index (χ0) is 20.0. The number of carbonyl (C=O) groups excluding carboxylic acids is 1. The summed E-state index contributed by atoms with van der Waals surface area (Å²) < 4.78 is 38.7. The molecule has 2 aromatic carbocycles. The maximum atomic E-state index is 12.9. The summed E-state index contributed by atoms with van der Waals surface area (Å²) in [7, 11) is 0. The van der Waals surface area contributed by atoms with E-state index in [1.165, 1.54) is 12.1 Å². The number of amides is 1. The summed E-state index contributed by atoms with van der Waals surface area (Å²) in [5.41, 5.74) is 1.13. The number of nitrogens with one attached hydrogen (secondary N) is 2. The van der Waals surface area contributed by atoms with E-state index in [1.54, 1.807) is 30.5 Å². The minimum Gasteiger partial charge on any atom is -0.355 e. The first-order valence-corrected chi connectivity index (χ1v) is 8.65. The molecule has 1 aromatic heterocycles. The molecule has 0 aliphatic carbocycles. The van der Waals surface area contributed by atoms with Crippen LogP contribution in [0, 0.1) is 0 Å². The molecule has 1 amide bonds. The number of pyridine rings is 1. The molecule has 0 atom stereocenters. The summed E-state index contributed by atoms with van der Waals surface area (Å²) in [4.78, 5) is 16.7. The molecule has 3 rings (SSSR count). The van der Waals surface area contributed by atoms with E-state index in [1.807, 2.05) is 18.2 Å². The second-order valence-corrected chi connectivity index (χ2v) is 6.08. The van der Waals surface area contributed by atoms with E-state index >= 15 is 0 Å². The highest BCUT2D eigenvalue weighted by atomic mass is 19.4. The van der Waals surface area contributed by atoms with Crippen molar-refractivity contribution >= 4 is 17.3 Å². The van der Waals surface area contributed by atoms with Crippen molar-refractivity contribution in [3.8, 4) is 0 Å². The zero-order valence-corrected chi connectivity index (χ0v) is 14.8. The number of nitrogens with zero attached hydrogens (tertiary/aromatic N) is 1. The number of hydrogen-bond donors (Lipinski definition) is 2. The number of anilines is 2. The molecule has 0 saturated carbocycles. The van der Waals surface area contributed by atoms with E-state index in [0.717, 1.165) is 17.8 Å². The lowest BCUT2D eigenvalue weighted by Crippen LogP contribution is -2.26. The van der Waals surface area contributed by atoms with Gasteiger partial charge in [-0.05, 0) is 42.5 Å². The number of rotatable bonds is 6. The monoisotopic (exact) mass is 385 g/mol. The van der Waals surface area contributed by atoms with Gasteiger partial charge in [-0.3, -0.25) is 9.78 Å². The Morgan fingerprint density at radius 3 is 2.50 bits per heavy atom. The third kappa shape index (κ3) is 5.09. The molecule has 2 N–H and O–H groups in total. The molecule has 3 aromatic rings. The van der Waals surface area contributed by atoms with Crippen LogP contribution in [0.3, 0.4) is 0 Å². The average Bonchev–Trinajstić information content (AvgIpc) is 2.69. The highest BCUT2D eigenvalue weighted by molar-refractivity contribution is 6.00. The fourth-order valence-electron chi connectivity index (χ4n) is 2.66. The lowest BCUT2D eigenvalue weighted by Gasteiger charge is -2.14. The minimum atomic E-state index is -4.43. The smallest absolute Gasteiger partial charge is 0.355 e. The molecule has 0 radical (unpaired) electrons. The van der Waals surface area contributed by atoms with Crippen LogP contribution in [0.1, 0.15) is 21.6 Å². The molecule has 0 unspecified atom stereocenters. The Morgan fingerprint density at radius 2 is 1.75 bits per heavy atom. The molecule has 0 bridgehead atoms. The van der Waals surface area contributed by atoms with Gasteiger partial charge in [0.05, 0.1) is 16.8 Å². The van der Waals surface area contributed by atoms with Gasteiger partial charge in [0.25, 0.3) is 5.91 Å². The van der Waals surface area contributed by atoms with Crippen molar-refractivity contribution in [1.82, 2.24) is 10.3 Å². The van der Waals surface area contributed by atoms with E-state index in [9.17, 15) is 18.0 Å².